The molecule has 5 heteroatoms. The van der Waals surface area contributed by atoms with Gasteiger partial charge in [0.1, 0.15) is 19.3 Å². The normalized spacial score (nSPS) is 12.9. The van der Waals surface area contributed by atoms with E-state index in [2.05, 4.69) is 20.8 Å². The molecular formula is C32H62O5. The highest BCUT2D eigenvalue weighted by molar-refractivity contribution is 5.69. The van der Waals surface area contributed by atoms with E-state index in [9.17, 15) is 14.7 Å². The second kappa shape index (κ2) is 27.9. The Labute approximate surface area is 229 Å². The molecule has 1 unspecified atom stereocenters. The second-order valence-electron chi connectivity index (χ2n) is 11.2. The van der Waals surface area contributed by atoms with Crippen LogP contribution in [0.15, 0.2) is 0 Å². The Bertz CT molecular complexity index is 507. The first-order valence-corrected chi connectivity index (χ1v) is 16.0. The van der Waals surface area contributed by atoms with Crippen LogP contribution < -0.4 is 0 Å². The fourth-order valence-electron chi connectivity index (χ4n) is 4.53. The Kier molecular flexibility index (Phi) is 27.1. The minimum atomic E-state index is -0.953. The van der Waals surface area contributed by atoms with Gasteiger partial charge in [0.05, 0.1) is 0 Å². The molecule has 0 amide bonds. The van der Waals surface area contributed by atoms with Crippen molar-refractivity contribution in [3.63, 3.8) is 0 Å². The van der Waals surface area contributed by atoms with Crippen molar-refractivity contribution in [1.29, 1.82) is 0 Å². The topological polar surface area (TPSA) is 72.8 Å². The van der Waals surface area contributed by atoms with E-state index >= 15 is 0 Å². The monoisotopic (exact) mass is 526 g/mol. The van der Waals surface area contributed by atoms with Gasteiger partial charge in [-0.2, -0.15) is 0 Å². The molecular weight excluding hydrogens is 464 g/mol. The van der Waals surface area contributed by atoms with Crippen LogP contribution in [0.2, 0.25) is 0 Å². The third-order valence-corrected chi connectivity index (χ3v) is 7.38. The molecule has 0 aromatic rings. The van der Waals surface area contributed by atoms with E-state index in [0.29, 0.717) is 12.8 Å². The molecule has 2 atom stereocenters. The Morgan fingerprint density at radius 2 is 0.919 bits per heavy atom. The summed E-state index contributed by atoms with van der Waals surface area (Å²) in [5.74, 6) is 0.299. The summed E-state index contributed by atoms with van der Waals surface area (Å²) in [5.41, 5.74) is 0. The van der Waals surface area contributed by atoms with Crippen molar-refractivity contribution >= 4 is 11.9 Å². The summed E-state index contributed by atoms with van der Waals surface area (Å²) >= 11 is 0. The van der Waals surface area contributed by atoms with E-state index < -0.39 is 6.10 Å². The van der Waals surface area contributed by atoms with Crippen LogP contribution in [-0.4, -0.2) is 36.4 Å². The van der Waals surface area contributed by atoms with Crippen LogP contribution in [0.3, 0.4) is 0 Å². The standard InChI is InChI=1S/C32H62O5/c1-4-6-7-8-9-10-11-12-16-19-22-25-31(34)36-27-30(33)28-37-32(35)26-23-20-17-14-13-15-18-21-24-29(3)5-2/h29-30,33H,4-28H2,1-3H3/t29?,30-/m1/s1. The van der Waals surface area contributed by atoms with Gasteiger partial charge in [-0.3, -0.25) is 9.59 Å². The molecule has 0 aromatic carbocycles. The molecule has 0 radical (unpaired) electrons. The number of rotatable bonds is 28. The van der Waals surface area contributed by atoms with Crippen molar-refractivity contribution in [2.24, 2.45) is 5.92 Å². The van der Waals surface area contributed by atoms with Crippen molar-refractivity contribution in [2.45, 2.75) is 175 Å². The number of aliphatic hydroxyl groups excluding tert-OH is 1. The van der Waals surface area contributed by atoms with Gasteiger partial charge in [-0.25, -0.2) is 0 Å². The number of esters is 2. The maximum atomic E-state index is 11.9. The van der Waals surface area contributed by atoms with E-state index in [1.165, 1.54) is 103 Å². The van der Waals surface area contributed by atoms with E-state index in [1.807, 2.05) is 0 Å². The number of unbranched alkanes of at least 4 members (excludes halogenated alkanes) is 17. The summed E-state index contributed by atoms with van der Waals surface area (Å²) in [7, 11) is 0. The molecule has 0 heterocycles. The summed E-state index contributed by atoms with van der Waals surface area (Å²) in [6.07, 6.45) is 25.7. The van der Waals surface area contributed by atoms with Gasteiger partial charge >= 0.3 is 11.9 Å². The highest BCUT2D eigenvalue weighted by Crippen LogP contribution is 2.15. The van der Waals surface area contributed by atoms with Crippen LogP contribution in [0, 0.1) is 5.92 Å². The summed E-state index contributed by atoms with van der Waals surface area (Å²) in [5, 5.41) is 9.93. The van der Waals surface area contributed by atoms with Crippen molar-refractivity contribution < 1.29 is 24.2 Å². The lowest BCUT2D eigenvalue weighted by molar-refractivity contribution is -0.152. The van der Waals surface area contributed by atoms with E-state index in [1.54, 1.807) is 0 Å². The molecule has 37 heavy (non-hydrogen) atoms. The Hall–Kier alpha value is -1.10. The zero-order valence-corrected chi connectivity index (χ0v) is 24.9. The zero-order valence-electron chi connectivity index (χ0n) is 24.9. The quantitative estimate of drug-likeness (QED) is 0.0813. The van der Waals surface area contributed by atoms with Crippen LogP contribution in [0.4, 0.5) is 0 Å². The first kappa shape index (κ1) is 35.9. The van der Waals surface area contributed by atoms with Gasteiger partial charge in [-0.1, -0.05) is 143 Å². The molecule has 0 bridgehead atoms. The molecule has 0 aliphatic heterocycles. The number of ether oxygens (including phenoxy) is 2. The number of carbonyl (C=O) groups is 2. The summed E-state index contributed by atoms with van der Waals surface area (Å²) in [4.78, 5) is 23.7. The van der Waals surface area contributed by atoms with E-state index in [0.717, 1.165) is 38.0 Å². The lowest BCUT2D eigenvalue weighted by atomic mass is 9.99. The molecule has 0 aliphatic rings. The zero-order chi connectivity index (χ0) is 27.4. The molecule has 0 fully saturated rings. The number of hydrogen-bond donors (Lipinski definition) is 1. The first-order chi connectivity index (χ1) is 18.0. The lowest BCUT2D eigenvalue weighted by Crippen LogP contribution is -2.25. The van der Waals surface area contributed by atoms with Crippen LogP contribution in [0.25, 0.3) is 0 Å². The average molecular weight is 527 g/mol. The van der Waals surface area contributed by atoms with Crippen molar-refractivity contribution in [3.05, 3.63) is 0 Å². The predicted molar refractivity (Wildman–Crippen MR) is 155 cm³/mol. The van der Waals surface area contributed by atoms with Crippen molar-refractivity contribution in [2.75, 3.05) is 13.2 Å². The molecule has 0 saturated carbocycles. The smallest absolute Gasteiger partial charge is 0.305 e. The predicted octanol–water partition coefficient (Wildman–Crippen LogP) is 9.08. The minimum absolute atomic E-state index is 0.110. The lowest BCUT2D eigenvalue weighted by Gasteiger charge is -2.12. The maximum absolute atomic E-state index is 11.9. The molecule has 1 N–H and O–H groups in total. The third kappa shape index (κ3) is 27.7. The molecule has 0 aliphatic carbocycles. The van der Waals surface area contributed by atoms with Gasteiger partial charge in [0.15, 0.2) is 0 Å². The molecule has 0 spiro atoms. The highest BCUT2D eigenvalue weighted by Gasteiger charge is 2.12. The van der Waals surface area contributed by atoms with Crippen LogP contribution in [0.5, 0.6) is 0 Å². The second-order valence-corrected chi connectivity index (χ2v) is 11.2. The molecule has 0 rings (SSSR count). The Balaban J connectivity index is 3.44. The van der Waals surface area contributed by atoms with Crippen molar-refractivity contribution in [3.8, 4) is 0 Å². The van der Waals surface area contributed by atoms with E-state index in [-0.39, 0.29) is 25.2 Å². The van der Waals surface area contributed by atoms with Crippen LogP contribution in [-0.2, 0) is 19.1 Å². The fourth-order valence-corrected chi connectivity index (χ4v) is 4.53. The molecule has 0 aromatic heterocycles. The fraction of sp³-hybridized carbons (Fsp3) is 0.938. The summed E-state index contributed by atoms with van der Waals surface area (Å²) in [6, 6.07) is 0. The van der Waals surface area contributed by atoms with E-state index in [4.69, 9.17) is 9.47 Å². The molecule has 0 saturated heterocycles. The Morgan fingerprint density at radius 3 is 1.30 bits per heavy atom. The van der Waals surface area contributed by atoms with Gasteiger partial charge < -0.3 is 14.6 Å². The third-order valence-electron chi connectivity index (χ3n) is 7.38. The average Bonchev–Trinajstić information content (AvgIpc) is 2.90. The number of aliphatic hydroxyl groups is 1. The van der Waals surface area contributed by atoms with Gasteiger partial charge in [-0.05, 0) is 18.8 Å². The van der Waals surface area contributed by atoms with Gasteiger partial charge in [0.2, 0.25) is 0 Å². The first-order valence-electron chi connectivity index (χ1n) is 16.0. The van der Waals surface area contributed by atoms with Gasteiger partial charge in [-0.15, -0.1) is 0 Å². The van der Waals surface area contributed by atoms with Crippen LogP contribution in [0.1, 0.15) is 168 Å². The summed E-state index contributed by atoms with van der Waals surface area (Å²) < 4.78 is 10.3. The van der Waals surface area contributed by atoms with Crippen LogP contribution >= 0.6 is 0 Å². The number of carbonyl (C=O) groups excluding carboxylic acids is 2. The molecule has 5 nitrogen and oxygen atoms in total. The Morgan fingerprint density at radius 1 is 0.568 bits per heavy atom. The highest BCUT2D eigenvalue weighted by atomic mass is 16.6. The largest absolute Gasteiger partial charge is 0.463 e. The SMILES string of the molecule is CCCCCCCCCCCCCC(=O)OC[C@@H](O)COC(=O)CCCCCCCCCCC(C)CC. The van der Waals surface area contributed by atoms with Gasteiger partial charge in [0.25, 0.3) is 0 Å². The van der Waals surface area contributed by atoms with Gasteiger partial charge in [0, 0.05) is 12.8 Å². The number of hydrogen-bond acceptors (Lipinski definition) is 5. The van der Waals surface area contributed by atoms with Crippen molar-refractivity contribution in [1.82, 2.24) is 0 Å². The molecule has 220 valence electrons. The minimum Gasteiger partial charge on any atom is -0.463 e. The maximum Gasteiger partial charge on any atom is 0.305 e. The summed E-state index contributed by atoms with van der Waals surface area (Å²) in [6.45, 7) is 6.63.